The summed E-state index contributed by atoms with van der Waals surface area (Å²) < 4.78 is 1.88. The molecule has 1 aromatic heterocycles. The topological polar surface area (TPSA) is 55.6 Å². The zero-order valence-corrected chi connectivity index (χ0v) is 15.4. The van der Waals surface area contributed by atoms with E-state index in [0.717, 1.165) is 11.5 Å². The summed E-state index contributed by atoms with van der Waals surface area (Å²) in [4.78, 5) is 0. The van der Waals surface area contributed by atoms with Crippen molar-refractivity contribution in [3.05, 3.63) is 71.0 Å². The summed E-state index contributed by atoms with van der Waals surface area (Å²) in [5.74, 6) is 1.55. The van der Waals surface area contributed by atoms with E-state index in [1.54, 1.807) is 0 Å². The van der Waals surface area contributed by atoms with Crippen molar-refractivity contribution in [2.24, 2.45) is 5.92 Å². The summed E-state index contributed by atoms with van der Waals surface area (Å²) in [6, 6.07) is 17.3. The summed E-state index contributed by atoms with van der Waals surface area (Å²) in [5, 5.41) is 16.2. The summed E-state index contributed by atoms with van der Waals surface area (Å²) in [6.07, 6.45) is 3.90. The second-order valence-electron chi connectivity index (χ2n) is 7.21. The van der Waals surface area contributed by atoms with Crippen LogP contribution in [0.1, 0.15) is 47.8 Å². The van der Waals surface area contributed by atoms with Gasteiger partial charge in [-0.25, -0.2) is 0 Å². The first kappa shape index (κ1) is 16.9. The molecule has 1 N–H and O–H groups in total. The van der Waals surface area contributed by atoms with E-state index in [1.165, 1.54) is 36.0 Å². The number of aryl methyl sites for hydroxylation is 2. The SMILES string of the molecule is Cc1cccc(C)c1-n1nnnc1CNC(c1ccccc1)C1CCC1. The van der Waals surface area contributed by atoms with E-state index in [0.29, 0.717) is 18.5 Å². The third-order valence-corrected chi connectivity index (χ3v) is 5.45. The molecule has 0 amide bonds. The van der Waals surface area contributed by atoms with Gasteiger partial charge in [0, 0.05) is 6.04 Å². The second-order valence-corrected chi connectivity index (χ2v) is 7.21. The lowest BCUT2D eigenvalue weighted by Gasteiger charge is -2.34. The van der Waals surface area contributed by atoms with Gasteiger partial charge in [0.1, 0.15) is 0 Å². The van der Waals surface area contributed by atoms with Crippen molar-refractivity contribution in [2.45, 2.75) is 45.7 Å². The number of hydrogen-bond donors (Lipinski definition) is 1. The average Bonchev–Trinajstić information content (AvgIpc) is 3.05. The third-order valence-electron chi connectivity index (χ3n) is 5.45. The molecular formula is C21H25N5. The fraction of sp³-hybridized carbons (Fsp3) is 0.381. The van der Waals surface area contributed by atoms with Crippen LogP contribution in [-0.2, 0) is 6.54 Å². The maximum atomic E-state index is 4.28. The van der Waals surface area contributed by atoms with Gasteiger partial charge in [-0.1, -0.05) is 55.0 Å². The maximum absolute atomic E-state index is 4.28. The van der Waals surface area contributed by atoms with Gasteiger partial charge in [0.15, 0.2) is 5.82 Å². The fourth-order valence-corrected chi connectivity index (χ4v) is 3.82. The molecule has 1 aliphatic rings. The van der Waals surface area contributed by atoms with Crippen LogP contribution in [0.5, 0.6) is 0 Å². The van der Waals surface area contributed by atoms with Crippen LogP contribution in [0.3, 0.4) is 0 Å². The van der Waals surface area contributed by atoms with E-state index < -0.39 is 0 Å². The monoisotopic (exact) mass is 347 g/mol. The van der Waals surface area contributed by atoms with Crippen LogP contribution in [0.15, 0.2) is 48.5 Å². The van der Waals surface area contributed by atoms with Crippen molar-refractivity contribution >= 4 is 0 Å². The number of hydrogen-bond acceptors (Lipinski definition) is 4. The highest BCUT2D eigenvalue weighted by Gasteiger charge is 2.28. The predicted octanol–water partition coefficient (Wildman–Crippen LogP) is 3.91. The molecule has 0 saturated heterocycles. The van der Waals surface area contributed by atoms with Crippen LogP contribution in [0.25, 0.3) is 5.69 Å². The lowest BCUT2D eigenvalue weighted by molar-refractivity contribution is 0.228. The summed E-state index contributed by atoms with van der Waals surface area (Å²) in [5.41, 5.74) is 4.78. The van der Waals surface area contributed by atoms with Crippen LogP contribution in [-0.4, -0.2) is 20.2 Å². The summed E-state index contributed by atoms with van der Waals surface area (Å²) >= 11 is 0. The fourth-order valence-electron chi connectivity index (χ4n) is 3.82. The van der Waals surface area contributed by atoms with Gasteiger partial charge < -0.3 is 5.32 Å². The Kier molecular flexibility index (Phi) is 4.80. The lowest BCUT2D eigenvalue weighted by atomic mass is 9.77. The van der Waals surface area contributed by atoms with E-state index in [4.69, 9.17) is 0 Å². The van der Waals surface area contributed by atoms with Gasteiger partial charge in [0.05, 0.1) is 12.2 Å². The minimum absolute atomic E-state index is 0.355. The first-order valence-electron chi connectivity index (χ1n) is 9.36. The minimum Gasteiger partial charge on any atom is -0.303 e. The molecule has 1 atom stereocenters. The van der Waals surface area contributed by atoms with Crippen LogP contribution in [0.2, 0.25) is 0 Å². The van der Waals surface area contributed by atoms with E-state index in [1.807, 2.05) is 4.68 Å². The zero-order chi connectivity index (χ0) is 17.9. The van der Waals surface area contributed by atoms with E-state index in [-0.39, 0.29) is 0 Å². The van der Waals surface area contributed by atoms with Gasteiger partial charge >= 0.3 is 0 Å². The Morgan fingerprint density at radius 3 is 2.42 bits per heavy atom. The number of benzene rings is 2. The van der Waals surface area contributed by atoms with Crippen molar-refractivity contribution in [2.75, 3.05) is 0 Å². The molecule has 1 heterocycles. The molecule has 2 aromatic carbocycles. The third kappa shape index (κ3) is 3.27. The Morgan fingerprint density at radius 1 is 1.04 bits per heavy atom. The lowest BCUT2D eigenvalue weighted by Crippen LogP contribution is -2.32. The Bertz CT molecular complexity index is 847. The molecule has 0 radical (unpaired) electrons. The Hall–Kier alpha value is -2.53. The number of para-hydroxylation sites is 1. The normalized spacial score (nSPS) is 15.6. The van der Waals surface area contributed by atoms with E-state index in [2.05, 4.69) is 83.2 Å². The minimum atomic E-state index is 0.355. The number of tetrazole rings is 1. The zero-order valence-electron chi connectivity index (χ0n) is 15.4. The molecule has 5 nitrogen and oxygen atoms in total. The molecule has 0 aliphatic heterocycles. The van der Waals surface area contributed by atoms with E-state index in [9.17, 15) is 0 Å². The van der Waals surface area contributed by atoms with Gasteiger partial charge in [0.25, 0.3) is 0 Å². The van der Waals surface area contributed by atoms with Gasteiger partial charge in [0.2, 0.25) is 0 Å². The van der Waals surface area contributed by atoms with Crippen molar-refractivity contribution in [3.8, 4) is 5.69 Å². The van der Waals surface area contributed by atoms with Crippen molar-refractivity contribution < 1.29 is 0 Å². The molecule has 0 bridgehead atoms. The maximum Gasteiger partial charge on any atom is 0.170 e. The van der Waals surface area contributed by atoms with Crippen molar-refractivity contribution in [1.82, 2.24) is 25.5 Å². The van der Waals surface area contributed by atoms with Crippen molar-refractivity contribution in [3.63, 3.8) is 0 Å². The number of nitrogens with one attached hydrogen (secondary N) is 1. The second kappa shape index (κ2) is 7.38. The van der Waals surface area contributed by atoms with Crippen LogP contribution in [0.4, 0.5) is 0 Å². The molecule has 26 heavy (non-hydrogen) atoms. The summed E-state index contributed by atoms with van der Waals surface area (Å²) in [6.45, 7) is 4.85. The Morgan fingerprint density at radius 2 is 1.77 bits per heavy atom. The molecule has 1 aliphatic carbocycles. The highest BCUT2D eigenvalue weighted by molar-refractivity contribution is 5.46. The molecule has 0 spiro atoms. The quantitative estimate of drug-likeness (QED) is 0.734. The first-order valence-corrected chi connectivity index (χ1v) is 9.36. The number of nitrogens with zero attached hydrogens (tertiary/aromatic N) is 4. The molecule has 3 aromatic rings. The van der Waals surface area contributed by atoms with Crippen LogP contribution < -0.4 is 5.32 Å². The average molecular weight is 347 g/mol. The van der Waals surface area contributed by atoms with E-state index >= 15 is 0 Å². The van der Waals surface area contributed by atoms with Crippen LogP contribution in [0, 0.1) is 19.8 Å². The largest absolute Gasteiger partial charge is 0.303 e. The van der Waals surface area contributed by atoms with Crippen LogP contribution >= 0.6 is 0 Å². The number of aromatic nitrogens is 4. The van der Waals surface area contributed by atoms with Gasteiger partial charge in [-0.05, 0) is 59.7 Å². The standard InChI is InChI=1S/C21H25N5/c1-15-8-6-9-16(2)21(15)26-19(23-24-25-26)14-22-20(18-12-7-13-18)17-10-4-3-5-11-17/h3-6,8-11,18,20,22H,7,12-14H2,1-2H3. The van der Waals surface area contributed by atoms with Gasteiger partial charge in [-0.2, -0.15) is 4.68 Å². The van der Waals surface area contributed by atoms with Crippen molar-refractivity contribution in [1.29, 1.82) is 0 Å². The molecule has 1 fully saturated rings. The Labute approximate surface area is 154 Å². The molecule has 4 rings (SSSR count). The molecule has 1 saturated carbocycles. The molecule has 1 unspecified atom stereocenters. The van der Waals surface area contributed by atoms with Gasteiger partial charge in [-0.15, -0.1) is 5.10 Å². The smallest absolute Gasteiger partial charge is 0.170 e. The highest BCUT2D eigenvalue weighted by atomic mass is 15.5. The first-order chi connectivity index (χ1) is 12.7. The molecular weight excluding hydrogens is 322 g/mol. The molecule has 5 heteroatoms. The highest BCUT2D eigenvalue weighted by Crippen LogP contribution is 2.37. The Balaban J connectivity index is 1.57. The van der Waals surface area contributed by atoms with Gasteiger partial charge in [-0.3, -0.25) is 0 Å². The predicted molar refractivity (Wildman–Crippen MR) is 102 cm³/mol. The number of rotatable bonds is 6. The molecule has 134 valence electrons. The summed E-state index contributed by atoms with van der Waals surface area (Å²) in [7, 11) is 0.